The average molecular weight is 230 g/mol. The number of nitrogens with zero attached hydrogens (tertiary/aromatic N) is 1. The number of hydrogen-bond acceptors (Lipinski definition) is 4. The highest BCUT2D eigenvalue weighted by atomic mass is 16.3. The van der Waals surface area contributed by atoms with Gasteiger partial charge < -0.3 is 20.4 Å². The van der Waals surface area contributed by atoms with Gasteiger partial charge in [0.05, 0.1) is 18.8 Å². The van der Waals surface area contributed by atoms with Crippen LogP contribution in [0.15, 0.2) is 0 Å². The maximum atomic E-state index is 12.0. The van der Waals surface area contributed by atoms with Crippen LogP contribution in [0.1, 0.15) is 26.7 Å². The number of β-amino-alcohol motifs (C(OH)–C–C–N with tert-alkyl or cyclic N) is 1. The second kappa shape index (κ2) is 6.18. The second-order valence-corrected chi connectivity index (χ2v) is 4.64. The number of piperidine rings is 1. The molecule has 0 aromatic rings. The Morgan fingerprint density at radius 1 is 1.56 bits per heavy atom. The van der Waals surface area contributed by atoms with Gasteiger partial charge in [0.15, 0.2) is 0 Å². The number of hydrogen-bond donors (Lipinski definition) is 3. The third-order valence-electron chi connectivity index (χ3n) is 2.71. The van der Waals surface area contributed by atoms with E-state index in [1.165, 1.54) is 0 Å². The van der Waals surface area contributed by atoms with Gasteiger partial charge in [-0.15, -0.1) is 0 Å². The molecule has 94 valence electrons. The average Bonchev–Trinajstić information content (AvgIpc) is 2.23. The molecule has 2 atom stereocenters. The van der Waals surface area contributed by atoms with Crippen LogP contribution < -0.4 is 5.32 Å². The minimum Gasteiger partial charge on any atom is -0.394 e. The normalized spacial score (nSPS) is 23.9. The summed E-state index contributed by atoms with van der Waals surface area (Å²) in [7, 11) is 0. The summed E-state index contributed by atoms with van der Waals surface area (Å²) in [5.41, 5.74) is 0. The summed E-state index contributed by atoms with van der Waals surface area (Å²) in [6.45, 7) is 4.62. The molecule has 1 saturated heterocycles. The first kappa shape index (κ1) is 13.4. The molecule has 0 radical (unpaired) electrons. The molecule has 0 saturated carbocycles. The van der Waals surface area contributed by atoms with Gasteiger partial charge in [-0.05, 0) is 12.8 Å². The van der Waals surface area contributed by atoms with Gasteiger partial charge in [0.1, 0.15) is 0 Å². The van der Waals surface area contributed by atoms with E-state index in [0.29, 0.717) is 6.54 Å². The first-order valence-electron chi connectivity index (χ1n) is 5.88. The molecule has 1 amide bonds. The summed E-state index contributed by atoms with van der Waals surface area (Å²) in [5, 5.41) is 21.3. The number of aliphatic hydroxyl groups is 2. The van der Waals surface area contributed by atoms with E-state index in [4.69, 9.17) is 5.11 Å². The van der Waals surface area contributed by atoms with Crippen LogP contribution in [0.4, 0.5) is 0 Å². The van der Waals surface area contributed by atoms with Crippen molar-refractivity contribution in [3.05, 3.63) is 0 Å². The lowest BCUT2D eigenvalue weighted by atomic mass is 10.0. The van der Waals surface area contributed by atoms with Gasteiger partial charge in [-0.25, -0.2) is 0 Å². The van der Waals surface area contributed by atoms with E-state index < -0.39 is 6.10 Å². The standard InChI is InChI=1S/C11H22N2O3/c1-8(2)12-10-4-3-5-13(11(10)16)6-9(15)7-14/h8-10,12,14-15H,3-7H2,1-2H3. The Labute approximate surface area is 96.4 Å². The van der Waals surface area contributed by atoms with Crippen molar-refractivity contribution >= 4 is 5.91 Å². The molecule has 1 rings (SSSR count). The van der Waals surface area contributed by atoms with Crippen molar-refractivity contribution in [2.24, 2.45) is 0 Å². The number of amides is 1. The summed E-state index contributed by atoms with van der Waals surface area (Å²) < 4.78 is 0. The van der Waals surface area contributed by atoms with Crippen LogP contribution in [0.3, 0.4) is 0 Å². The molecule has 0 aromatic carbocycles. The maximum absolute atomic E-state index is 12.0. The Hall–Kier alpha value is -0.650. The molecule has 5 heteroatoms. The van der Waals surface area contributed by atoms with E-state index in [-0.39, 0.29) is 31.1 Å². The van der Waals surface area contributed by atoms with Crippen LogP contribution in [0, 0.1) is 0 Å². The predicted molar refractivity (Wildman–Crippen MR) is 61.0 cm³/mol. The number of aliphatic hydroxyl groups excluding tert-OH is 2. The molecule has 0 aliphatic carbocycles. The first-order chi connectivity index (χ1) is 7.54. The highest BCUT2D eigenvalue weighted by Gasteiger charge is 2.29. The van der Waals surface area contributed by atoms with Crippen molar-refractivity contribution < 1.29 is 15.0 Å². The molecule has 3 N–H and O–H groups in total. The molecular formula is C11H22N2O3. The first-order valence-corrected chi connectivity index (χ1v) is 5.88. The van der Waals surface area contributed by atoms with Gasteiger partial charge in [-0.3, -0.25) is 4.79 Å². The fourth-order valence-corrected chi connectivity index (χ4v) is 1.99. The molecule has 2 unspecified atom stereocenters. The number of carbonyl (C=O) groups is 1. The van der Waals surface area contributed by atoms with Gasteiger partial charge in [0, 0.05) is 19.1 Å². The van der Waals surface area contributed by atoms with Crippen molar-refractivity contribution in [2.45, 2.75) is 44.9 Å². The number of rotatable bonds is 5. The quantitative estimate of drug-likeness (QED) is 0.585. The third kappa shape index (κ3) is 3.73. The zero-order valence-electron chi connectivity index (χ0n) is 10.0. The summed E-state index contributed by atoms with van der Waals surface area (Å²) in [4.78, 5) is 13.6. The molecule has 1 heterocycles. The van der Waals surface area contributed by atoms with Crippen LogP contribution in [0.5, 0.6) is 0 Å². The van der Waals surface area contributed by atoms with Crippen molar-refractivity contribution in [2.75, 3.05) is 19.7 Å². The van der Waals surface area contributed by atoms with Gasteiger partial charge in [0.25, 0.3) is 0 Å². The van der Waals surface area contributed by atoms with E-state index in [1.807, 2.05) is 13.8 Å². The van der Waals surface area contributed by atoms with E-state index in [1.54, 1.807) is 4.90 Å². The Morgan fingerprint density at radius 2 is 2.25 bits per heavy atom. The van der Waals surface area contributed by atoms with Crippen LogP contribution in [0.2, 0.25) is 0 Å². The Balaban J connectivity index is 2.50. The number of carbonyl (C=O) groups excluding carboxylic acids is 1. The third-order valence-corrected chi connectivity index (χ3v) is 2.71. The SMILES string of the molecule is CC(C)NC1CCCN(CC(O)CO)C1=O. The Bertz CT molecular complexity index is 233. The number of nitrogens with one attached hydrogen (secondary N) is 1. The lowest BCUT2D eigenvalue weighted by Crippen LogP contribution is -2.54. The minimum absolute atomic E-state index is 0.0347. The molecule has 1 fully saturated rings. The van der Waals surface area contributed by atoms with E-state index in [9.17, 15) is 9.90 Å². The van der Waals surface area contributed by atoms with Crippen molar-refractivity contribution in [3.63, 3.8) is 0 Å². The highest BCUT2D eigenvalue weighted by molar-refractivity contribution is 5.82. The molecular weight excluding hydrogens is 208 g/mol. The van der Waals surface area contributed by atoms with E-state index in [0.717, 1.165) is 12.8 Å². The van der Waals surface area contributed by atoms with Crippen LogP contribution >= 0.6 is 0 Å². The Kier molecular flexibility index (Phi) is 5.18. The minimum atomic E-state index is -0.832. The molecule has 5 nitrogen and oxygen atoms in total. The molecule has 0 bridgehead atoms. The van der Waals surface area contributed by atoms with Crippen molar-refractivity contribution in [1.29, 1.82) is 0 Å². The van der Waals surface area contributed by atoms with Crippen LogP contribution in [0.25, 0.3) is 0 Å². The monoisotopic (exact) mass is 230 g/mol. The zero-order chi connectivity index (χ0) is 12.1. The molecule has 1 aliphatic heterocycles. The Morgan fingerprint density at radius 3 is 2.81 bits per heavy atom. The molecule has 0 spiro atoms. The van der Waals surface area contributed by atoms with Crippen molar-refractivity contribution in [3.8, 4) is 0 Å². The van der Waals surface area contributed by atoms with E-state index in [2.05, 4.69) is 5.32 Å². The summed E-state index contributed by atoms with van der Waals surface area (Å²) in [5.74, 6) is 0.0347. The summed E-state index contributed by atoms with van der Waals surface area (Å²) in [6.07, 6.45) is 0.957. The summed E-state index contributed by atoms with van der Waals surface area (Å²) >= 11 is 0. The highest BCUT2D eigenvalue weighted by Crippen LogP contribution is 2.12. The van der Waals surface area contributed by atoms with Crippen LogP contribution in [-0.2, 0) is 4.79 Å². The van der Waals surface area contributed by atoms with E-state index >= 15 is 0 Å². The lowest BCUT2D eigenvalue weighted by molar-refractivity contribution is -0.138. The predicted octanol–water partition coefficient (Wildman–Crippen LogP) is -0.671. The van der Waals surface area contributed by atoms with Gasteiger partial charge in [0.2, 0.25) is 5.91 Å². The van der Waals surface area contributed by atoms with Gasteiger partial charge in [-0.2, -0.15) is 0 Å². The largest absolute Gasteiger partial charge is 0.394 e. The number of likely N-dealkylation sites (tertiary alicyclic amines) is 1. The topological polar surface area (TPSA) is 72.8 Å². The van der Waals surface area contributed by atoms with Crippen molar-refractivity contribution in [1.82, 2.24) is 10.2 Å². The second-order valence-electron chi connectivity index (χ2n) is 4.64. The molecule has 0 aromatic heterocycles. The zero-order valence-corrected chi connectivity index (χ0v) is 10.0. The van der Waals surface area contributed by atoms with Crippen LogP contribution in [-0.4, -0.2) is 58.9 Å². The maximum Gasteiger partial charge on any atom is 0.239 e. The van der Waals surface area contributed by atoms with Gasteiger partial charge >= 0.3 is 0 Å². The molecule has 16 heavy (non-hydrogen) atoms. The summed E-state index contributed by atoms with van der Waals surface area (Å²) in [6, 6.07) is 0.135. The smallest absolute Gasteiger partial charge is 0.239 e. The molecule has 1 aliphatic rings. The fourth-order valence-electron chi connectivity index (χ4n) is 1.99. The fraction of sp³-hybridized carbons (Fsp3) is 0.909. The lowest BCUT2D eigenvalue weighted by Gasteiger charge is -2.34. The van der Waals surface area contributed by atoms with Gasteiger partial charge in [-0.1, -0.05) is 13.8 Å².